The van der Waals surface area contributed by atoms with Crippen molar-refractivity contribution in [2.24, 2.45) is 0 Å². The van der Waals surface area contributed by atoms with Gasteiger partial charge >= 0.3 is 0 Å². The summed E-state index contributed by atoms with van der Waals surface area (Å²) >= 11 is 18.5. The fraction of sp³-hybridized carbons (Fsp3) is 0.136. The molecule has 3 heterocycles. The first kappa shape index (κ1) is 22.5. The van der Waals surface area contributed by atoms with Gasteiger partial charge in [-0.15, -0.1) is 0 Å². The topological polar surface area (TPSA) is 101 Å². The fourth-order valence-corrected chi connectivity index (χ4v) is 4.26. The van der Waals surface area contributed by atoms with Crippen LogP contribution in [0.25, 0.3) is 27.8 Å². The fourth-order valence-electron chi connectivity index (χ4n) is 3.72. The van der Waals surface area contributed by atoms with Crippen molar-refractivity contribution in [3.05, 3.63) is 80.0 Å². The van der Waals surface area contributed by atoms with Crippen LogP contribution < -0.4 is 10.9 Å². The molecule has 2 aromatic carbocycles. The molecule has 0 aliphatic heterocycles. The van der Waals surface area contributed by atoms with Crippen LogP contribution in [-0.2, 0) is 0 Å². The molecule has 5 aromatic rings. The minimum Gasteiger partial charge on any atom is -0.358 e. The zero-order valence-corrected chi connectivity index (χ0v) is 19.7. The smallest absolute Gasteiger partial charge is 0.267 e. The van der Waals surface area contributed by atoms with E-state index in [0.29, 0.717) is 39.9 Å². The standard InChI is InChI=1S/C22H15Cl3FN7O/c1-2-14(31-20-18-19(28-8-27-18)29-9-30-20)21-32-15-6-5-13(26)17(25)16(15)22(34)33(21)10-3-4-11(23)12(24)7-10/h3-9,14H,2H2,1H3,(H2,27,28,29,30,31). The minimum absolute atomic E-state index is 0.0377. The summed E-state index contributed by atoms with van der Waals surface area (Å²) in [5, 5.41) is 3.55. The Hall–Kier alpha value is -3.27. The lowest BCUT2D eigenvalue weighted by Gasteiger charge is -2.22. The molecule has 0 saturated carbocycles. The number of fused-ring (bicyclic) bond motifs is 2. The number of aromatic amines is 1. The molecule has 0 amide bonds. The molecule has 0 fully saturated rings. The van der Waals surface area contributed by atoms with Crippen LogP contribution in [0.15, 0.2) is 47.8 Å². The number of aromatic nitrogens is 6. The van der Waals surface area contributed by atoms with Gasteiger partial charge in [0.05, 0.1) is 44.0 Å². The van der Waals surface area contributed by atoms with Gasteiger partial charge in [-0.25, -0.2) is 24.3 Å². The highest BCUT2D eigenvalue weighted by atomic mass is 35.5. The zero-order chi connectivity index (χ0) is 24.0. The number of imidazole rings is 1. The van der Waals surface area contributed by atoms with E-state index in [-0.39, 0.29) is 20.9 Å². The normalized spacial score (nSPS) is 12.4. The third-order valence-electron chi connectivity index (χ3n) is 5.37. The van der Waals surface area contributed by atoms with Gasteiger partial charge in [0.25, 0.3) is 5.56 Å². The third kappa shape index (κ3) is 3.75. The van der Waals surface area contributed by atoms with Crippen LogP contribution in [0.3, 0.4) is 0 Å². The molecule has 34 heavy (non-hydrogen) atoms. The molecule has 0 spiro atoms. The van der Waals surface area contributed by atoms with E-state index in [9.17, 15) is 9.18 Å². The molecule has 12 heteroatoms. The number of anilines is 1. The van der Waals surface area contributed by atoms with E-state index in [1.165, 1.54) is 29.4 Å². The van der Waals surface area contributed by atoms with Gasteiger partial charge in [0, 0.05) is 0 Å². The summed E-state index contributed by atoms with van der Waals surface area (Å²) in [4.78, 5) is 34.0. The first-order chi connectivity index (χ1) is 16.4. The largest absolute Gasteiger partial charge is 0.358 e. The Morgan fingerprint density at radius 3 is 2.71 bits per heavy atom. The average molecular weight is 519 g/mol. The maximum atomic E-state index is 14.2. The quantitative estimate of drug-likeness (QED) is 0.309. The molecule has 2 N–H and O–H groups in total. The predicted octanol–water partition coefficient (Wildman–Crippen LogP) is 5.71. The second kappa shape index (κ2) is 8.83. The van der Waals surface area contributed by atoms with E-state index in [1.807, 2.05) is 6.92 Å². The molecule has 0 saturated heterocycles. The van der Waals surface area contributed by atoms with Crippen molar-refractivity contribution in [3.8, 4) is 5.69 Å². The first-order valence-corrected chi connectivity index (χ1v) is 11.3. The molecular weight excluding hydrogens is 504 g/mol. The van der Waals surface area contributed by atoms with Crippen molar-refractivity contribution >= 4 is 62.7 Å². The lowest BCUT2D eigenvalue weighted by molar-refractivity contribution is 0.628. The molecule has 5 rings (SSSR count). The van der Waals surface area contributed by atoms with Crippen LogP contribution in [0, 0.1) is 5.82 Å². The van der Waals surface area contributed by atoms with Gasteiger partial charge in [0.2, 0.25) is 0 Å². The van der Waals surface area contributed by atoms with Crippen LogP contribution in [-0.4, -0.2) is 29.5 Å². The molecule has 0 aliphatic rings. The van der Waals surface area contributed by atoms with Gasteiger partial charge < -0.3 is 10.3 Å². The van der Waals surface area contributed by atoms with Crippen LogP contribution in [0.1, 0.15) is 25.2 Å². The maximum absolute atomic E-state index is 14.2. The number of hydrogen-bond acceptors (Lipinski definition) is 6. The minimum atomic E-state index is -0.714. The Bertz CT molecular complexity index is 1620. The van der Waals surface area contributed by atoms with E-state index in [1.54, 1.807) is 18.2 Å². The van der Waals surface area contributed by atoms with E-state index < -0.39 is 17.4 Å². The summed E-state index contributed by atoms with van der Waals surface area (Å²) in [5.74, 6) is 0.128. The van der Waals surface area contributed by atoms with Crippen LogP contribution in [0.4, 0.5) is 10.2 Å². The van der Waals surface area contributed by atoms with Gasteiger partial charge in [-0.1, -0.05) is 41.7 Å². The summed E-state index contributed by atoms with van der Waals surface area (Å²) in [6, 6.07) is 6.85. The van der Waals surface area contributed by atoms with Gasteiger partial charge in [-0.2, -0.15) is 0 Å². The molecule has 1 unspecified atom stereocenters. The zero-order valence-electron chi connectivity index (χ0n) is 17.5. The second-order valence-electron chi connectivity index (χ2n) is 7.39. The van der Waals surface area contributed by atoms with Gasteiger partial charge in [-0.05, 0) is 36.8 Å². The Kier molecular flexibility index (Phi) is 5.85. The monoisotopic (exact) mass is 517 g/mol. The number of hydrogen-bond donors (Lipinski definition) is 2. The van der Waals surface area contributed by atoms with Crippen LogP contribution in [0.5, 0.6) is 0 Å². The Labute approximate surface area is 206 Å². The number of rotatable bonds is 5. The molecule has 172 valence electrons. The summed E-state index contributed by atoms with van der Waals surface area (Å²) in [7, 11) is 0. The molecular formula is C22H15Cl3FN7O. The molecule has 0 aliphatic carbocycles. The first-order valence-electron chi connectivity index (χ1n) is 10.2. The molecule has 8 nitrogen and oxygen atoms in total. The molecule has 0 radical (unpaired) electrons. The number of H-pyrrole nitrogens is 1. The number of benzene rings is 2. The number of nitrogens with one attached hydrogen (secondary N) is 2. The lowest BCUT2D eigenvalue weighted by Crippen LogP contribution is -2.28. The summed E-state index contributed by atoms with van der Waals surface area (Å²) < 4.78 is 15.6. The van der Waals surface area contributed by atoms with E-state index in [4.69, 9.17) is 39.8 Å². The maximum Gasteiger partial charge on any atom is 0.267 e. The van der Waals surface area contributed by atoms with Gasteiger partial charge in [0.15, 0.2) is 11.5 Å². The Balaban J connectivity index is 1.77. The predicted molar refractivity (Wildman–Crippen MR) is 131 cm³/mol. The highest BCUT2D eigenvalue weighted by Crippen LogP contribution is 2.30. The Morgan fingerprint density at radius 2 is 1.94 bits per heavy atom. The van der Waals surface area contributed by atoms with Crippen molar-refractivity contribution in [1.29, 1.82) is 0 Å². The van der Waals surface area contributed by atoms with E-state index >= 15 is 0 Å². The lowest BCUT2D eigenvalue weighted by atomic mass is 10.1. The van der Waals surface area contributed by atoms with Crippen molar-refractivity contribution in [2.75, 3.05) is 5.32 Å². The second-order valence-corrected chi connectivity index (χ2v) is 8.59. The van der Waals surface area contributed by atoms with Crippen molar-refractivity contribution in [2.45, 2.75) is 19.4 Å². The van der Waals surface area contributed by atoms with Crippen molar-refractivity contribution < 1.29 is 4.39 Å². The SMILES string of the molecule is CCC(Nc1ncnc2nc[nH]c12)c1nc2ccc(F)c(Cl)c2c(=O)n1-c1ccc(Cl)c(Cl)c1. The van der Waals surface area contributed by atoms with E-state index in [2.05, 4.69) is 25.3 Å². The summed E-state index contributed by atoms with van der Waals surface area (Å²) in [5.41, 5.74) is 1.21. The highest BCUT2D eigenvalue weighted by Gasteiger charge is 2.24. The van der Waals surface area contributed by atoms with E-state index in [0.717, 1.165) is 0 Å². The molecule has 0 bridgehead atoms. The van der Waals surface area contributed by atoms with Crippen molar-refractivity contribution in [3.63, 3.8) is 0 Å². The van der Waals surface area contributed by atoms with Gasteiger partial charge in [0.1, 0.15) is 23.5 Å². The number of nitrogens with zero attached hydrogens (tertiary/aromatic N) is 5. The summed E-state index contributed by atoms with van der Waals surface area (Å²) in [6.07, 6.45) is 3.43. The highest BCUT2D eigenvalue weighted by molar-refractivity contribution is 6.42. The summed E-state index contributed by atoms with van der Waals surface area (Å²) in [6.45, 7) is 1.93. The third-order valence-corrected chi connectivity index (χ3v) is 6.48. The van der Waals surface area contributed by atoms with Gasteiger partial charge in [-0.3, -0.25) is 9.36 Å². The van der Waals surface area contributed by atoms with Crippen molar-refractivity contribution in [1.82, 2.24) is 29.5 Å². The van der Waals surface area contributed by atoms with Crippen LogP contribution in [0.2, 0.25) is 15.1 Å². The average Bonchev–Trinajstić information content (AvgIpc) is 3.31. The number of halogens is 4. The molecule has 3 aromatic heterocycles. The Morgan fingerprint density at radius 1 is 1.12 bits per heavy atom. The molecule has 1 atom stereocenters. The van der Waals surface area contributed by atoms with Crippen LogP contribution >= 0.6 is 34.8 Å².